The van der Waals surface area contributed by atoms with Crippen molar-refractivity contribution in [2.45, 2.75) is 32.3 Å². The van der Waals surface area contributed by atoms with Crippen LogP contribution in [0.5, 0.6) is 5.75 Å². The van der Waals surface area contributed by atoms with Crippen molar-refractivity contribution < 1.29 is 9.53 Å². The van der Waals surface area contributed by atoms with Gasteiger partial charge in [-0.1, -0.05) is 23.2 Å². The molecule has 1 N–H and O–H groups in total. The van der Waals surface area contributed by atoms with Gasteiger partial charge in [0.25, 0.3) is 0 Å². The molecule has 0 spiro atoms. The molecule has 0 aliphatic carbocycles. The number of hydrogen-bond donors (Lipinski definition) is 1. The summed E-state index contributed by atoms with van der Waals surface area (Å²) in [6.07, 6.45) is 2.07. The average molecular weight is 354 g/mol. The Bertz CT molecular complexity index is 748. The van der Waals surface area contributed by atoms with Gasteiger partial charge in [0.05, 0.1) is 22.3 Å². The highest BCUT2D eigenvalue weighted by atomic mass is 35.5. The highest BCUT2D eigenvalue weighted by Crippen LogP contribution is 2.42. The molecule has 122 valence electrons. The quantitative estimate of drug-likeness (QED) is 0.907. The first kappa shape index (κ1) is 16.1. The molecule has 0 bridgehead atoms. The Hall–Kier alpha value is -1.72. The lowest BCUT2D eigenvalue weighted by molar-refractivity contribution is -0.116. The van der Waals surface area contributed by atoms with Crippen molar-refractivity contribution in [3.63, 3.8) is 0 Å². The van der Waals surface area contributed by atoms with Crippen molar-refractivity contribution in [3.05, 3.63) is 39.5 Å². The van der Waals surface area contributed by atoms with Gasteiger partial charge in [0.15, 0.2) is 5.75 Å². The predicted octanol–water partition coefficient (Wildman–Crippen LogP) is 3.99. The summed E-state index contributed by atoms with van der Waals surface area (Å²) < 4.78 is 7.30. The van der Waals surface area contributed by atoms with Crippen LogP contribution in [-0.4, -0.2) is 21.8 Å². The SMILES string of the molecule is CC(C)Oc1c(Cl)cc([C@@H]2CC(=O)Nc3c2cnn3C)cc1Cl. The normalized spacial score (nSPS) is 17.1. The van der Waals surface area contributed by atoms with E-state index >= 15 is 0 Å². The van der Waals surface area contributed by atoms with Gasteiger partial charge in [-0.25, -0.2) is 0 Å². The van der Waals surface area contributed by atoms with Gasteiger partial charge >= 0.3 is 0 Å². The smallest absolute Gasteiger partial charge is 0.226 e. The average Bonchev–Trinajstić information content (AvgIpc) is 2.83. The van der Waals surface area contributed by atoms with Gasteiger partial charge in [-0.15, -0.1) is 0 Å². The number of aryl methyl sites for hydroxylation is 1. The van der Waals surface area contributed by atoms with E-state index in [-0.39, 0.29) is 17.9 Å². The summed E-state index contributed by atoms with van der Waals surface area (Å²) in [4.78, 5) is 12.0. The number of ether oxygens (including phenoxy) is 1. The largest absolute Gasteiger partial charge is 0.488 e. The fraction of sp³-hybridized carbons (Fsp3) is 0.375. The van der Waals surface area contributed by atoms with Crippen LogP contribution in [0.2, 0.25) is 10.0 Å². The number of nitrogens with zero attached hydrogens (tertiary/aromatic N) is 2. The standard InChI is InChI=1S/C16H17Cl2N3O2/c1-8(2)23-15-12(17)4-9(5-13(15)18)10-6-14(22)20-16-11(10)7-19-21(16)3/h4-5,7-8,10H,6H2,1-3H3,(H,20,22)/t10-/m0/s1. The molecule has 0 unspecified atom stereocenters. The molecule has 1 aliphatic heterocycles. The third kappa shape index (κ3) is 3.03. The predicted molar refractivity (Wildman–Crippen MR) is 90.5 cm³/mol. The van der Waals surface area contributed by atoms with Crippen LogP contribution in [0.4, 0.5) is 5.82 Å². The lowest BCUT2D eigenvalue weighted by Crippen LogP contribution is -2.24. The molecular formula is C16H17Cl2N3O2. The molecule has 1 aliphatic rings. The van der Waals surface area contributed by atoms with E-state index in [0.29, 0.717) is 28.0 Å². The van der Waals surface area contributed by atoms with Gasteiger partial charge in [-0.3, -0.25) is 9.48 Å². The number of hydrogen-bond acceptors (Lipinski definition) is 3. The fourth-order valence-corrected chi connectivity index (χ4v) is 3.36. The minimum Gasteiger partial charge on any atom is -0.488 e. The monoisotopic (exact) mass is 353 g/mol. The number of anilines is 1. The first-order chi connectivity index (χ1) is 10.9. The number of amides is 1. The van der Waals surface area contributed by atoms with E-state index in [9.17, 15) is 4.79 Å². The zero-order valence-electron chi connectivity index (χ0n) is 13.1. The topological polar surface area (TPSA) is 56.1 Å². The number of rotatable bonds is 3. The lowest BCUT2D eigenvalue weighted by Gasteiger charge is -2.24. The van der Waals surface area contributed by atoms with Crippen molar-refractivity contribution in [1.82, 2.24) is 9.78 Å². The molecule has 1 atom stereocenters. The molecule has 0 saturated heterocycles. The highest BCUT2D eigenvalue weighted by molar-refractivity contribution is 6.37. The molecular weight excluding hydrogens is 337 g/mol. The van der Waals surface area contributed by atoms with Crippen molar-refractivity contribution in [2.24, 2.45) is 7.05 Å². The molecule has 0 radical (unpaired) electrons. The Balaban J connectivity index is 2.04. The summed E-state index contributed by atoms with van der Waals surface area (Å²) in [5.74, 6) is 0.996. The van der Waals surface area contributed by atoms with Gasteiger partial charge in [-0.05, 0) is 31.5 Å². The summed E-state index contributed by atoms with van der Waals surface area (Å²) in [7, 11) is 1.79. The number of nitrogens with one attached hydrogen (secondary N) is 1. The second-order valence-electron chi connectivity index (χ2n) is 5.86. The van der Waals surface area contributed by atoms with Crippen molar-refractivity contribution in [2.75, 3.05) is 5.32 Å². The van der Waals surface area contributed by atoms with Crippen LogP contribution < -0.4 is 10.1 Å². The summed E-state index contributed by atoms with van der Waals surface area (Å²) in [6.45, 7) is 3.82. The summed E-state index contributed by atoms with van der Waals surface area (Å²) in [6, 6.07) is 3.62. The molecule has 2 aromatic rings. The van der Waals surface area contributed by atoms with Crippen LogP contribution in [0.1, 0.15) is 37.3 Å². The van der Waals surface area contributed by atoms with E-state index in [1.807, 2.05) is 26.0 Å². The van der Waals surface area contributed by atoms with Crippen LogP contribution in [0.3, 0.4) is 0 Å². The van der Waals surface area contributed by atoms with Crippen LogP contribution >= 0.6 is 23.2 Å². The van der Waals surface area contributed by atoms with Crippen molar-refractivity contribution >= 4 is 34.9 Å². The van der Waals surface area contributed by atoms with Crippen LogP contribution in [-0.2, 0) is 11.8 Å². The molecule has 0 fully saturated rings. The van der Waals surface area contributed by atoms with Gasteiger partial charge in [-0.2, -0.15) is 5.10 Å². The molecule has 0 saturated carbocycles. The number of carbonyl (C=O) groups excluding carboxylic acids is 1. The van der Waals surface area contributed by atoms with E-state index in [1.165, 1.54) is 0 Å². The third-order valence-electron chi connectivity index (χ3n) is 3.77. The third-order valence-corrected chi connectivity index (χ3v) is 4.33. The van der Waals surface area contributed by atoms with Crippen LogP contribution in [0.25, 0.3) is 0 Å². The molecule has 1 aromatic carbocycles. The summed E-state index contributed by atoms with van der Waals surface area (Å²) in [5, 5.41) is 7.95. The van der Waals surface area contributed by atoms with E-state index in [1.54, 1.807) is 17.9 Å². The Labute approximate surface area is 144 Å². The fourth-order valence-electron chi connectivity index (χ4n) is 2.77. The molecule has 2 heterocycles. The summed E-state index contributed by atoms with van der Waals surface area (Å²) in [5.41, 5.74) is 1.83. The van der Waals surface area contributed by atoms with Crippen LogP contribution in [0, 0.1) is 0 Å². The van der Waals surface area contributed by atoms with Gasteiger partial charge in [0, 0.05) is 24.9 Å². The Morgan fingerprint density at radius 1 is 1.35 bits per heavy atom. The number of aromatic nitrogens is 2. The molecule has 1 amide bonds. The zero-order chi connectivity index (χ0) is 16.7. The van der Waals surface area contributed by atoms with E-state index in [0.717, 1.165) is 11.1 Å². The molecule has 1 aromatic heterocycles. The second-order valence-corrected chi connectivity index (χ2v) is 6.67. The van der Waals surface area contributed by atoms with E-state index in [2.05, 4.69) is 10.4 Å². The summed E-state index contributed by atoms with van der Waals surface area (Å²) >= 11 is 12.7. The maximum Gasteiger partial charge on any atom is 0.226 e. The van der Waals surface area contributed by atoms with Gasteiger partial charge in [0.1, 0.15) is 5.82 Å². The molecule has 7 heteroatoms. The van der Waals surface area contributed by atoms with Crippen molar-refractivity contribution in [3.8, 4) is 5.75 Å². The minimum atomic E-state index is -0.129. The van der Waals surface area contributed by atoms with Crippen molar-refractivity contribution in [1.29, 1.82) is 0 Å². The minimum absolute atomic E-state index is 0.0266. The molecule has 3 rings (SSSR count). The number of carbonyl (C=O) groups is 1. The Kier molecular flexibility index (Phi) is 4.25. The van der Waals surface area contributed by atoms with Gasteiger partial charge in [0.2, 0.25) is 5.91 Å². The number of benzene rings is 1. The zero-order valence-corrected chi connectivity index (χ0v) is 14.6. The maximum absolute atomic E-state index is 12.0. The first-order valence-corrected chi connectivity index (χ1v) is 8.09. The van der Waals surface area contributed by atoms with Crippen LogP contribution in [0.15, 0.2) is 18.3 Å². The number of fused-ring (bicyclic) bond motifs is 1. The Morgan fingerprint density at radius 2 is 2.00 bits per heavy atom. The highest BCUT2D eigenvalue weighted by Gasteiger charge is 2.30. The first-order valence-electron chi connectivity index (χ1n) is 7.34. The lowest BCUT2D eigenvalue weighted by atomic mass is 9.87. The molecule has 23 heavy (non-hydrogen) atoms. The Morgan fingerprint density at radius 3 is 2.61 bits per heavy atom. The van der Waals surface area contributed by atoms with E-state index < -0.39 is 0 Å². The second kappa shape index (κ2) is 6.06. The maximum atomic E-state index is 12.0. The van der Waals surface area contributed by atoms with Gasteiger partial charge < -0.3 is 10.1 Å². The number of halogens is 2. The van der Waals surface area contributed by atoms with E-state index in [4.69, 9.17) is 27.9 Å². The molecule has 5 nitrogen and oxygen atoms in total.